The number of rotatable bonds is 3. The minimum absolute atomic E-state index is 0.0871. The number of pyridine rings is 1. The Hall–Kier alpha value is -1.09. The van der Waals surface area contributed by atoms with Crippen LogP contribution in [0.5, 0.6) is 0 Å². The maximum absolute atomic E-state index is 11.4. The van der Waals surface area contributed by atoms with Crippen molar-refractivity contribution in [1.82, 2.24) is 4.57 Å². The Balaban J connectivity index is 1.93. The van der Waals surface area contributed by atoms with Gasteiger partial charge in [0.15, 0.2) is 0 Å². The molecule has 15 heavy (non-hydrogen) atoms. The van der Waals surface area contributed by atoms with Gasteiger partial charge in [0.1, 0.15) is 0 Å². The highest BCUT2D eigenvalue weighted by Crippen LogP contribution is 2.26. The van der Waals surface area contributed by atoms with Gasteiger partial charge < -0.3 is 10.3 Å². The van der Waals surface area contributed by atoms with Gasteiger partial charge in [-0.05, 0) is 31.2 Å². The Bertz CT molecular complexity index is 372. The fourth-order valence-electron chi connectivity index (χ4n) is 2.37. The summed E-state index contributed by atoms with van der Waals surface area (Å²) >= 11 is 0. The van der Waals surface area contributed by atoms with Gasteiger partial charge >= 0.3 is 0 Å². The van der Waals surface area contributed by atoms with Crippen LogP contribution in [0.3, 0.4) is 0 Å². The maximum atomic E-state index is 11.4. The topological polar surface area (TPSA) is 48.0 Å². The minimum atomic E-state index is 0.0871. The van der Waals surface area contributed by atoms with E-state index in [1.807, 2.05) is 12.3 Å². The summed E-state index contributed by atoms with van der Waals surface area (Å²) in [6, 6.07) is 5.63. The molecule has 0 radical (unpaired) electrons. The molecule has 0 bridgehead atoms. The van der Waals surface area contributed by atoms with E-state index in [4.69, 9.17) is 5.73 Å². The zero-order chi connectivity index (χ0) is 10.7. The molecule has 1 aromatic rings. The highest BCUT2D eigenvalue weighted by Gasteiger charge is 2.23. The zero-order valence-electron chi connectivity index (χ0n) is 8.93. The monoisotopic (exact) mass is 206 g/mol. The lowest BCUT2D eigenvalue weighted by molar-refractivity contribution is 0.412. The molecule has 1 fully saturated rings. The molecular weight excluding hydrogens is 188 g/mol. The van der Waals surface area contributed by atoms with E-state index in [-0.39, 0.29) is 5.56 Å². The van der Waals surface area contributed by atoms with E-state index < -0.39 is 0 Å². The van der Waals surface area contributed by atoms with E-state index in [1.165, 1.54) is 12.8 Å². The molecule has 1 aliphatic carbocycles. The molecule has 2 rings (SSSR count). The molecule has 0 aromatic carbocycles. The van der Waals surface area contributed by atoms with E-state index in [2.05, 4.69) is 0 Å². The van der Waals surface area contributed by atoms with Gasteiger partial charge in [-0.25, -0.2) is 0 Å². The summed E-state index contributed by atoms with van der Waals surface area (Å²) in [5.74, 6) is 0.608. The van der Waals surface area contributed by atoms with Crippen molar-refractivity contribution in [3.63, 3.8) is 0 Å². The van der Waals surface area contributed by atoms with E-state index in [9.17, 15) is 4.79 Å². The van der Waals surface area contributed by atoms with Gasteiger partial charge in [0.25, 0.3) is 0 Å². The molecule has 3 nitrogen and oxygen atoms in total. The number of nitrogens with zero attached hydrogens (tertiary/aromatic N) is 1. The second kappa shape index (κ2) is 4.62. The van der Waals surface area contributed by atoms with Crippen molar-refractivity contribution in [2.75, 3.05) is 0 Å². The largest absolute Gasteiger partial charge is 0.327 e. The lowest BCUT2D eigenvalue weighted by Gasteiger charge is -2.15. The number of hydrogen-bond donors (Lipinski definition) is 1. The molecule has 0 spiro atoms. The minimum Gasteiger partial charge on any atom is -0.327 e. The first kappa shape index (κ1) is 10.4. The van der Waals surface area contributed by atoms with Gasteiger partial charge in [0, 0.05) is 24.8 Å². The van der Waals surface area contributed by atoms with Crippen molar-refractivity contribution in [2.45, 2.75) is 38.3 Å². The summed E-state index contributed by atoms with van der Waals surface area (Å²) < 4.78 is 1.77. The fourth-order valence-corrected chi connectivity index (χ4v) is 2.37. The first-order valence-corrected chi connectivity index (χ1v) is 5.68. The molecule has 3 heteroatoms. The predicted molar refractivity (Wildman–Crippen MR) is 60.6 cm³/mol. The Kier molecular flexibility index (Phi) is 3.21. The van der Waals surface area contributed by atoms with Crippen LogP contribution in [0.1, 0.15) is 25.7 Å². The van der Waals surface area contributed by atoms with E-state index in [1.54, 1.807) is 16.7 Å². The van der Waals surface area contributed by atoms with Crippen molar-refractivity contribution >= 4 is 0 Å². The summed E-state index contributed by atoms with van der Waals surface area (Å²) in [4.78, 5) is 11.4. The molecule has 1 aliphatic rings. The van der Waals surface area contributed by atoms with Crippen LogP contribution in [-0.2, 0) is 6.54 Å². The first-order chi connectivity index (χ1) is 7.27. The highest BCUT2D eigenvalue weighted by molar-refractivity contribution is 4.93. The molecule has 82 valence electrons. The fraction of sp³-hybridized carbons (Fsp3) is 0.583. The lowest BCUT2D eigenvalue weighted by atomic mass is 10.0. The van der Waals surface area contributed by atoms with Gasteiger partial charge in [-0.1, -0.05) is 12.5 Å². The molecule has 0 aliphatic heterocycles. The number of aryl methyl sites for hydroxylation is 1. The SMILES string of the molecule is NC1CCCC1CCn1ccccc1=O. The van der Waals surface area contributed by atoms with Crippen LogP contribution in [0, 0.1) is 5.92 Å². The summed E-state index contributed by atoms with van der Waals surface area (Å²) in [7, 11) is 0. The van der Waals surface area contributed by atoms with E-state index in [0.29, 0.717) is 12.0 Å². The van der Waals surface area contributed by atoms with Crippen molar-refractivity contribution in [2.24, 2.45) is 11.7 Å². The molecular formula is C12H18N2O. The normalized spacial score (nSPS) is 25.7. The average molecular weight is 206 g/mol. The van der Waals surface area contributed by atoms with Crippen LogP contribution in [0.25, 0.3) is 0 Å². The Morgan fingerprint density at radius 1 is 1.40 bits per heavy atom. The van der Waals surface area contributed by atoms with Crippen LogP contribution in [-0.4, -0.2) is 10.6 Å². The van der Waals surface area contributed by atoms with Crippen LogP contribution < -0.4 is 11.3 Å². The van der Waals surface area contributed by atoms with Gasteiger partial charge in [0.2, 0.25) is 5.56 Å². The molecule has 0 saturated heterocycles. The predicted octanol–water partition coefficient (Wildman–Crippen LogP) is 1.37. The molecule has 2 unspecified atom stereocenters. The van der Waals surface area contributed by atoms with Crippen LogP contribution in [0.2, 0.25) is 0 Å². The average Bonchev–Trinajstić information content (AvgIpc) is 2.63. The third-order valence-electron chi connectivity index (χ3n) is 3.36. The van der Waals surface area contributed by atoms with Gasteiger partial charge in [0.05, 0.1) is 0 Å². The number of aromatic nitrogens is 1. The standard InChI is InChI=1S/C12H18N2O/c13-11-5-3-4-10(11)7-9-14-8-2-1-6-12(14)15/h1-2,6,8,10-11H,3-5,7,9,13H2. The molecule has 1 aromatic heterocycles. The highest BCUT2D eigenvalue weighted by atomic mass is 16.1. The molecule has 2 N–H and O–H groups in total. The third kappa shape index (κ3) is 2.48. The zero-order valence-corrected chi connectivity index (χ0v) is 8.93. The van der Waals surface area contributed by atoms with Crippen molar-refractivity contribution in [1.29, 1.82) is 0 Å². The summed E-state index contributed by atoms with van der Waals surface area (Å²) in [5, 5.41) is 0. The quantitative estimate of drug-likeness (QED) is 0.812. The third-order valence-corrected chi connectivity index (χ3v) is 3.36. The summed E-state index contributed by atoms with van der Waals surface area (Å²) in [6.07, 6.45) is 6.50. The maximum Gasteiger partial charge on any atom is 0.250 e. The van der Waals surface area contributed by atoms with Crippen LogP contribution >= 0.6 is 0 Å². The van der Waals surface area contributed by atoms with Crippen molar-refractivity contribution in [3.8, 4) is 0 Å². The second-order valence-corrected chi connectivity index (χ2v) is 4.38. The first-order valence-electron chi connectivity index (χ1n) is 5.68. The van der Waals surface area contributed by atoms with Crippen molar-refractivity contribution in [3.05, 3.63) is 34.7 Å². The Labute approximate surface area is 89.9 Å². The molecule has 1 saturated carbocycles. The molecule has 0 amide bonds. The number of nitrogens with two attached hydrogens (primary N) is 1. The Morgan fingerprint density at radius 2 is 2.27 bits per heavy atom. The van der Waals surface area contributed by atoms with Gasteiger partial charge in [-0.2, -0.15) is 0 Å². The number of hydrogen-bond acceptors (Lipinski definition) is 2. The van der Waals surface area contributed by atoms with Gasteiger partial charge in [-0.15, -0.1) is 0 Å². The molecule has 2 atom stereocenters. The molecule has 1 heterocycles. The van der Waals surface area contributed by atoms with E-state index in [0.717, 1.165) is 19.4 Å². The van der Waals surface area contributed by atoms with Crippen molar-refractivity contribution < 1.29 is 0 Å². The Morgan fingerprint density at radius 3 is 2.93 bits per heavy atom. The van der Waals surface area contributed by atoms with Crippen LogP contribution in [0.4, 0.5) is 0 Å². The summed E-state index contributed by atoms with van der Waals surface area (Å²) in [5.41, 5.74) is 6.08. The smallest absolute Gasteiger partial charge is 0.250 e. The van der Waals surface area contributed by atoms with E-state index >= 15 is 0 Å². The van der Waals surface area contributed by atoms with Crippen LogP contribution in [0.15, 0.2) is 29.2 Å². The summed E-state index contributed by atoms with van der Waals surface area (Å²) in [6.45, 7) is 0.804. The van der Waals surface area contributed by atoms with Gasteiger partial charge in [-0.3, -0.25) is 4.79 Å². The second-order valence-electron chi connectivity index (χ2n) is 4.38. The lowest BCUT2D eigenvalue weighted by Crippen LogP contribution is -2.27.